The molecule has 0 spiro atoms. The number of aliphatic hydroxyl groups is 1. The van der Waals surface area contributed by atoms with Crippen molar-refractivity contribution in [2.45, 2.75) is 229 Å². The highest BCUT2D eigenvalue weighted by Gasteiger charge is 2.60. The van der Waals surface area contributed by atoms with E-state index in [1.807, 2.05) is 152 Å². The van der Waals surface area contributed by atoms with Crippen molar-refractivity contribution in [2.75, 3.05) is 26.4 Å². The lowest BCUT2D eigenvalue weighted by atomic mass is 9.92. The van der Waals surface area contributed by atoms with Crippen molar-refractivity contribution < 1.29 is 133 Å². The number of phosphoric ester groups is 1. The second-order valence-electron chi connectivity index (χ2n) is 31.1. The Bertz CT molecular complexity index is 4680. The molecular weight excluding hydrogens is 1660 g/mol. The zero-order valence-electron chi connectivity index (χ0n) is 71.3. The van der Waals surface area contributed by atoms with Crippen LogP contribution in [0, 0.1) is 0 Å². The van der Waals surface area contributed by atoms with Crippen molar-refractivity contribution in [3.63, 3.8) is 0 Å². The van der Waals surface area contributed by atoms with Gasteiger partial charge in [0, 0.05) is 27.7 Å². The molecule has 4 amide bonds. The van der Waals surface area contributed by atoms with Gasteiger partial charge in [-0.25, -0.2) is 14.2 Å². The Morgan fingerprint density at radius 2 is 0.559 bits per heavy atom. The first-order chi connectivity index (χ1) is 61.5. The van der Waals surface area contributed by atoms with E-state index >= 15 is 4.57 Å². The number of rotatable bonds is 46. The Morgan fingerprint density at radius 3 is 0.858 bits per heavy atom. The van der Waals surface area contributed by atoms with Crippen LogP contribution in [0.15, 0.2) is 243 Å². The number of amides is 4. The summed E-state index contributed by atoms with van der Waals surface area (Å²) in [4.78, 5) is 83.5. The summed E-state index contributed by atoms with van der Waals surface area (Å²) >= 11 is 0. The van der Waals surface area contributed by atoms with E-state index in [9.17, 15) is 44.1 Å². The van der Waals surface area contributed by atoms with Gasteiger partial charge in [-0.2, -0.15) is 0 Å². The van der Waals surface area contributed by atoms with Crippen molar-refractivity contribution in [3.8, 4) is 0 Å². The maximum absolute atomic E-state index is 15.7. The van der Waals surface area contributed by atoms with Crippen LogP contribution in [0.25, 0.3) is 0 Å². The average Bonchev–Trinajstić information content (AvgIpc) is 0.756. The van der Waals surface area contributed by atoms with Gasteiger partial charge in [-0.3, -0.25) is 32.7 Å². The fraction of sp³-hybridized carbons (Fsp3) is 0.426. The van der Waals surface area contributed by atoms with Gasteiger partial charge < -0.3 is 108 Å². The summed E-state index contributed by atoms with van der Waals surface area (Å²) in [6.45, 7) is 4.71. The van der Waals surface area contributed by atoms with E-state index in [0.29, 0.717) is 38.9 Å². The van der Waals surface area contributed by atoms with Crippen LogP contribution in [0.1, 0.15) is 86.1 Å². The standard InChI is InChI=1S/C94H111N4O28P/c1-59(89(104)105)117-87-79(97-63(5)101)93(121-75(57-111-49-67-35-19-9-20-36-67)83(87)124-91-77(95-61(3)99)85(113-51-69-39-23-11-24-40-69)81(103)73(119-91)55-109-47-65-31-15-7-16-32-65)123-82-74(56-110-48-66-33-17-8-18-34-66)120-92(78(96-62(4)100)86(82)114-52-70-41-25-12-26-42-70)125-84-76(58-112-50-68-37-21-10-22-38-68)122-94(80(98-64(6)102)88(84)118-60(2)90(106)107)126-127(108,115-53-71-43-27-13-28-44-71)116-54-72-45-29-14-30-46-72/h7-46,59-60,73-88,91-94,103H,47-58H2,1-6H3,(H,95,99)(H,96,100)(H,97,101)(H,98,102)(H,104,105)(H,106,107)/t59-,60-,73-,74-,75-,76-,77-,78-,79-,80-,81-,82-,83-,84-,85-,86-,87-,88-,91+,92+,93+,94+/m1/s1. The van der Waals surface area contributed by atoms with Gasteiger partial charge in [0.15, 0.2) is 37.4 Å². The summed E-state index contributed by atoms with van der Waals surface area (Å²) in [7, 11) is -4.93. The lowest BCUT2D eigenvalue weighted by Crippen LogP contribution is -2.72. The zero-order chi connectivity index (χ0) is 89.6. The number of carboxylic acid groups (broad SMARTS) is 2. The van der Waals surface area contributed by atoms with Crippen LogP contribution >= 0.6 is 7.82 Å². The monoisotopic (exact) mass is 1770 g/mol. The van der Waals surface area contributed by atoms with Gasteiger partial charge in [-0.05, 0) is 58.4 Å². The molecule has 0 unspecified atom stereocenters. The normalized spacial score (nSPS) is 26.5. The molecule has 0 saturated carbocycles. The third-order valence-corrected chi connectivity index (χ3v) is 22.6. The first-order valence-electron chi connectivity index (χ1n) is 42.0. The minimum Gasteiger partial charge on any atom is -0.479 e. The molecule has 680 valence electrons. The number of carbonyl (C=O) groups is 6. The van der Waals surface area contributed by atoms with Crippen LogP contribution in [-0.2, 0) is 171 Å². The van der Waals surface area contributed by atoms with Crippen molar-refractivity contribution in [2.24, 2.45) is 0 Å². The number of nitrogens with one attached hydrogen (secondary N) is 4. The Labute approximate surface area is 737 Å². The van der Waals surface area contributed by atoms with Crippen LogP contribution in [0.2, 0.25) is 0 Å². The molecule has 4 aliphatic heterocycles. The molecule has 32 nitrogen and oxygen atoms in total. The number of ether oxygens (including phenoxy) is 15. The molecule has 0 bridgehead atoms. The lowest BCUT2D eigenvalue weighted by molar-refractivity contribution is -0.370. The number of aliphatic hydroxyl groups excluding tert-OH is 1. The van der Waals surface area contributed by atoms with E-state index in [0.717, 1.165) is 5.56 Å². The van der Waals surface area contributed by atoms with Crippen LogP contribution in [0.3, 0.4) is 0 Å². The molecular formula is C94H111N4O28P. The van der Waals surface area contributed by atoms with Crippen molar-refractivity contribution >= 4 is 43.4 Å². The van der Waals surface area contributed by atoms with Gasteiger partial charge in [0.1, 0.15) is 97.4 Å². The fourth-order valence-electron chi connectivity index (χ4n) is 15.1. The first kappa shape index (κ1) is 96.1. The van der Waals surface area contributed by atoms with Crippen LogP contribution < -0.4 is 21.3 Å². The average molecular weight is 1780 g/mol. The predicted octanol–water partition coefficient (Wildman–Crippen LogP) is 9.73. The Balaban J connectivity index is 0.977. The van der Waals surface area contributed by atoms with Gasteiger partial charge in [0.25, 0.3) is 0 Å². The minimum atomic E-state index is -4.93. The van der Waals surface area contributed by atoms with Gasteiger partial charge in [0.05, 0.1) is 79.3 Å². The Morgan fingerprint density at radius 1 is 0.323 bits per heavy atom. The molecule has 0 aliphatic carbocycles. The summed E-state index contributed by atoms with van der Waals surface area (Å²) in [5.74, 6) is -5.69. The third-order valence-electron chi connectivity index (χ3n) is 21.2. The van der Waals surface area contributed by atoms with E-state index in [2.05, 4.69) is 21.3 Å². The molecule has 127 heavy (non-hydrogen) atoms. The molecule has 33 heteroatoms. The molecule has 0 radical (unpaired) electrons. The number of hydrogen-bond acceptors (Lipinski definition) is 26. The topological polar surface area (TPSA) is 394 Å². The Hall–Kier alpha value is -9.95. The van der Waals surface area contributed by atoms with Gasteiger partial charge in [-0.15, -0.1) is 0 Å². The van der Waals surface area contributed by atoms with Crippen LogP contribution in [0.5, 0.6) is 0 Å². The van der Waals surface area contributed by atoms with Crippen LogP contribution in [-0.4, -0.2) is 212 Å². The van der Waals surface area contributed by atoms with E-state index in [4.69, 9.17) is 84.6 Å². The van der Waals surface area contributed by atoms with E-state index in [1.54, 1.807) is 91.0 Å². The largest absolute Gasteiger partial charge is 0.479 e. The second-order valence-corrected chi connectivity index (χ2v) is 32.7. The summed E-state index contributed by atoms with van der Waals surface area (Å²) in [5.41, 5.74) is 5.37. The lowest BCUT2D eigenvalue weighted by Gasteiger charge is -2.53. The van der Waals surface area contributed by atoms with E-state index in [1.165, 1.54) is 41.5 Å². The molecule has 7 N–H and O–H groups in total. The molecule has 4 heterocycles. The highest BCUT2D eigenvalue weighted by Crippen LogP contribution is 2.54. The molecule has 0 aromatic heterocycles. The maximum atomic E-state index is 15.7. The minimum absolute atomic E-state index is 0.0476. The smallest absolute Gasteiger partial charge is 0.477 e. The van der Waals surface area contributed by atoms with Crippen LogP contribution in [0.4, 0.5) is 0 Å². The number of hydrogen-bond donors (Lipinski definition) is 7. The number of carboxylic acids is 2. The zero-order valence-corrected chi connectivity index (χ0v) is 72.2. The molecule has 8 aromatic carbocycles. The highest BCUT2D eigenvalue weighted by atomic mass is 31.2. The van der Waals surface area contributed by atoms with Crippen molar-refractivity contribution in [1.29, 1.82) is 0 Å². The van der Waals surface area contributed by atoms with Gasteiger partial charge in [0.2, 0.25) is 23.6 Å². The molecule has 8 aromatic rings. The number of carbonyl (C=O) groups excluding carboxylic acids is 4. The number of aliphatic carboxylic acids is 2. The van der Waals surface area contributed by atoms with E-state index < -0.39 is 198 Å². The quantitative estimate of drug-likeness (QED) is 0.0174. The second kappa shape index (κ2) is 48.5. The van der Waals surface area contributed by atoms with Crippen molar-refractivity contribution in [1.82, 2.24) is 21.3 Å². The highest BCUT2D eigenvalue weighted by molar-refractivity contribution is 7.48. The molecule has 4 aliphatic rings. The van der Waals surface area contributed by atoms with Gasteiger partial charge in [-0.1, -0.05) is 243 Å². The van der Waals surface area contributed by atoms with Gasteiger partial charge >= 0.3 is 19.8 Å². The number of phosphoric acid groups is 1. The van der Waals surface area contributed by atoms with Crippen molar-refractivity contribution in [3.05, 3.63) is 287 Å². The summed E-state index contributed by atoms with van der Waals surface area (Å²) in [6.07, 6.45) is -29.3. The van der Waals surface area contributed by atoms with E-state index in [-0.39, 0.29) is 59.5 Å². The molecule has 4 fully saturated rings. The fourth-order valence-corrected chi connectivity index (χ4v) is 16.4. The predicted molar refractivity (Wildman–Crippen MR) is 455 cm³/mol. The summed E-state index contributed by atoms with van der Waals surface area (Å²) < 4.78 is 138. The Kier molecular flexibility index (Phi) is 36.7. The molecule has 12 rings (SSSR count). The summed E-state index contributed by atoms with van der Waals surface area (Å²) in [6, 6.07) is 65.8. The first-order valence-corrected chi connectivity index (χ1v) is 43.5. The SMILES string of the molecule is CC(=O)N[C@H]1[C@H](O[C@H]2[C@H](O[C@H](C)C(=O)O)[C@@H](NC(C)=O)[C@H](OP(=O)(OCc3ccccc3)OCc3ccccc3)O[C@@H]2COCc2ccccc2)O[C@H](COCc2ccccc2)[C@@H](O[C@@H]2O[C@H](COCc3ccccc3)[C@@H](O[C@@H]3O[C@H](COCc4ccccc4)[C@@H](O)[C@H](OCc4ccccc4)[C@H]3NC(C)=O)[C@H](O[C@H](C)C(=O)O)[C@H]2NC(C)=O)[C@@H]1OCc1ccccc1. The number of benzene rings is 8. The summed E-state index contributed by atoms with van der Waals surface area (Å²) in [5, 5.41) is 46.0. The maximum Gasteiger partial charge on any atom is 0.477 e. The third kappa shape index (κ3) is 28.8. The molecule has 22 atom stereocenters. The molecule has 4 saturated heterocycles.